The highest BCUT2D eigenvalue weighted by Gasteiger charge is 2.10. The first-order valence-electron chi connectivity index (χ1n) is 8.54. The maximum atomic E-state index is 12.4. The number of amides is 1. The number of carbonyl (C=O) groups is 2. The molecule has 3 aromatic rings. The number of hydrogen-bond acceptors (Lipinski definition) is 4. The monoisotopic (exact) mass is 360 g/mol. The van der Waals surface area contributed by atoms with Gasteiger partial charge in [-0.1, -0.05) is 48.5 Å². The second-order valence-corrected chi connectivity index (χ2v) is 5.94. The zero-order chi connectivity index (χ0) is 19.1. The van der Waals surface area contributed by atoms with E-state index in [1.165, 1.54) is 0 Å². The maximum absolute atomic E-state index is 12.4. The topological polar surface area (TPSA) is 58.6 Å². The van der Waals surface area contributed by atoms with Crippen molar-refractivity contribution in [2.75, 3.05) is 18.7 Å². The number of benzene rings is 3. The minimum absolute atomic E-state index is 0.0515. The largest absolute Gasteiger partial charge is 0.484 e. The summed E-state index contributed by atoms with van der Waals surface area (Å²) < 4.78 is 5.49. The number of anilines is 1. The van der Waals surface area contributed by atoms with Crippen molar-refractivity contribution in [2.45, 2.75) is 0 Å². The zero-order valence-corrected chi connectivity index (χ0v) is 15.0. The van der Waals surface area contributed by atoms with Crippen LogP contribution in [0.25, 0.3) is 0 Å². The van der Waals surface area contributed by atoms with Crippen LogP contribution >= 0.6 is 0 Å². The van der Waals surface area contributed by atoms with E-state index in [0.717, 1.165) is 5.69 Å². The first-order chi connectivity index (χ1) is 13.1. The van der Waals surface area contributed by atoms with E-state index in [4.69, 9.17) is 4.74 Å². The van der Waals surface area contributed by atoms with Gasteiger partial charge in [-0.15, -0.1) is 0 Å². The van der Waals surface area contributed by atoms with Crippen LogP contribution in [-0.4, -0.2) is 25.3 Å². The lowest BCUT2D eigenvalue weighted by Crippen LogP contribution is -2.41. The molecule has 3 aromatic carbocycles. The number of hydrogen-bond donors (Lipinski definition) is 1. The Hall–Kier alpha value is -3.60. The van der Waals surface area contributed by atoms with Gasteiger partial charge in [-0.05, 0) is 36.4 Å². The second kappa shape index (κ2) is 8.67. The van der Waals surface area contributed by atoms with Crippen molar-refractivity contribution >= 4 is 17.4 Å². The molecule has 0 aliphatic carbocycles. The van der Waals surface area contributed by atoms with Crippen molar-refractivity contribution in [1.29, 1.82) is 0 Å². The first-order valence-corrected chi connectivity index (χ1v) is 8.54. The first kappa shape index (κ1) is 18.2. The number of ether oxygens (including phenoxy) is 1. The average Bonchev–Trinajstić information content (AvgIpc) is 2.73. The third-order valence-electron chi connectivity index (χ3n) is 3.96. The summed E-state index contributed by atoms with van der Waals surface area (Å²) in [5, 5.41) is 1.63. The second-order valence-electron chi connectivity index (χ2n) is 5.94. The minimum atomic E-state index is -0.272. The molecule has 136 valence electrons. The van der Waals surface area contributed by atoms with Crippen molar-refractivity contribution in [3.63, 3.8) is 0 Å². The zero-order valence-electron chi connectivity index (χ0n) is 15.0. The Morgan fingerprint density at radius 3 is 2.00 bits per heavy atom. The normalized spacial score (nSPS) is 10.1. The fourth-order valence-electron chi connectivity index (χ4n) is 2.54. The lowest BCUT2D eigenvalue weighted by atomic mass is 10.0. The molecule has 0 saturated carbocycles. The Morgan fingerprint density at radius 1 is 0.815 bits per heavy atom. The van der Waals surface area contributed by atoms with Crippen molar-refractivity contribution in [2.24, 2.45) is 0 Å². The van der Waals surface area contributed by atoms with Crippen LogP contribution in [0.5, 0.6) is 5.75 Å². The summed E-state index contributed by atoms with van der Waals surface area (Å²) in [4.78, 5) is 24.4. The molecule has 0 aromatic heterocycles. The van der Waals surface area contributed by atoms with E-state index in [1.54, 1.807) is 48.5 Å². The van der Waals surface area contributed by atoms with Crippen LogP contribution in [0, 0.1) is 0 Å². The van der Waals surface area contributed by atoms with Crippen molar-refractivity contribution < 1.29 is 14.3 Å². The summed E-state index contributed by atoms with van der Waals surface area (Å²) >= 11 is 0. The van der Waals surface area contributed by atoms with Crippen molar-refractivity contribution in [3.8, 4) is 5.75 Å². The molecule has 27 heavy (non-hydrogen) atoms. The van der Waals surface area contributed by atoms with Gasteiger partial charge in [0.2, 0.25) is 0 Å². The van der Waals surface area contributed by atoms with E-state index < -0.39 is 0 Å². The predicted molar refractivity (Wildman–Crippen MR) is 105 cm³/mol. The summed E-state index contributed by atoms with van der Waals surface area (Å²) in [5.74, 6) is 0.201. The molecule has 5 nitrogen and oxygen atoms in total. The van der Waals surface area contributed by atoms with Crippen molar-refractivity contribution in [1.82, 2.24) is 5.43 Å². The Kier molecular flexibility index (Phi) is 5.84. The fraction of sp³-hybridized carbons (Fsp3) is 0.0909. The van der Waals surface area contributed by atoms with E-state index in [9.17, 15) is 9.59 Å². The third kappa shape index (κ3) is 4.95. The van der Waals surface area contributed by atoms with Gasteiger partial charge >= 0.3 is 0 Å². The molecule has 1 amide bonds. The maximum Gasteiger partial charge on any atom is 0.276 e. The molecular formula is C22H20N2O3. The highest BCUT2D eigenvalue weighted by Crippen LogP contribution is 2.15. The van der Waals surface area contributed by atoms with Gasteiger partial charge < -0.3 is 4.74 Å². The minimum Gasteiger partial charge on any atom is -0.484 e. The smallest absolute Gasteiger partial charge is 0.276 e. The molecule has 0 heterocycles. The van der Waals surface area contributed by atoms with Gasteiger partial charge in [-0.2, -0.15) is 0 Å². The van der Waals surface area contributed by atoms with Crippen LogP contribution in [0.2, 0.25) is 0 Å². The number of nitrogens with one attached hydrogen (secondary N) is 1. The highest BCUT2D eigenvalue weighted by molar-refractivity contribution is 6.08. The molecule has 0 bridgehead atoms. The predicted octanol–water partition coefficient (Wildman–Crippen LogP) is 3.46. The van der Waals surface area contributed by atoms with Crippen LogP contribution in [-0.2, 0) is 4.79 Å². The summed E-state index contributed by atoms with van der Waals surface area (Å²) in [6, 6.07) is 25.3. The molecule has 0 unspecified atom stereocenters. The van der Waals surface area contributed by atoms with Gasteiger partial charge in [0.05, 0.1) is 5.69 Å². The van der Waals surface area contributed by atoms with Crippen LogP contribution < -0.4 is 15.2 Å². The van der Waals surface area contributed by atoms with Gasteiger partial charge in [-0.25, -0.2) is 0 Å². The molecule has 3 rings (SSSR count). The van der Waals surface area contributed by atoms with Crippen LogP contribution in [0.3, 0.4) is 0 Å². The Labute approximate surface area is 158 Å². The Bertz CT molecular complexity index is 894. The molecule has 0 fully saturated rings. The molecule has 0 saturated heterocycles. The summed E-state index contributed by atoms with van der Waals surface area (Å²) in [6.45, 7) is -0.122. The van der Waals surface area contributed by atoms with Gasteiger partial charge in [0.1, 0.15) is 5.75 Å². The Balaban J connectivity index is 1.53. The summed E-state index contributed by atoms with van der Waals surface area (Å²) in [6.07, 6.45) is 0. The molecule has 0 aliphatic rings. The SMILES string of the molecule is CN(NC(=O)COc1ccc(C(=O)c2ccccc2)cc1)c1ccccc1. The lowest BCUT2D eigenvalue weighted by molar-refractivity contribution is -0.123. The number of hydrazine groups is 1. The number of nitrogens with zero attached hydrogens (tertiary/aromatic N) is 1. The standard InChI is InChI=1S/C22H20N2O3/c1-24(19-10-6-3-7-11-19)23-21(25)16-27-20-14-12-18(13-15-20)22(26)17-8-4-2-5-9-17/h2-15H,16H2,1H3,(H,23,25). The molecule has 0 atom stereocenters. The Morgan fingerprint density at radius 2 is 1.37 bits per heavy atom. The van der Waals surface area contributed by atoms with Gasteiger partial charge in [0.15, 0.2) is 12.4 Å². The quantitative estimate of drug-likeness (QED) is 0.518. The van der Waals surface area contributed by atoms with Gasteiger partial charge in [0, 0.05) is 18.2 Å². The number of carbonyl (C=O) groups excluding carboxylic acids is 2. The number of ketones is 1. The summed E-state index contributed by atoms with van der Waals surface area (Å²) in [5.41, 5.74) is 4.81. The van der Waals surface area contributed by atoms with Gasteiger partial charge in [0.25, 0.3) is 5.91 Å². The highest BCUT2D eigenvalue weighted by atomic mass is 16.5. The average molecular weight is 360 g/mol. The van der Waals surface area contributed by atoms with E-state index in [-0.39, 0.29) is 18.3 Å². The van der Waals surface area contributed by atoms with E-state index in [0.29, 0.717) is 16.9 Å². The molecule has 0 spiro atoms. The fourth-order valence-corrected chi connectivity index (χ4v) is 2.54. The van der Waals surface area contributed by atoms with E-state index in [2.05, 4.69) is 5.43 Å². The number of para-hydroxylation sites is 1. The van der Waals surface area contributed by atoms with Crippen LogP contribution in [0.15, 0.2) is 84.9 Å². The van der Waals surface area contributed by atoms with Crippen LogP contribution in [0.1, 0.15) is 15.9 Å². The molecular weight excluding hydrogens is 340 g/mol. The molecule has 1 N–H and O–H groups in total. The van der Waals surface area contributed by atoms with Crippen molar-refractivity contribution in [3.05, 3.63) is 96.1 Å². The van der Waals surface area contributed by atoms with Crippen LogP contribution in [0.4, 0.5) is 5.69 Å². The number of rotatable bonds is 7. The summed E-state index contributed by atoms with van der Waals surface area (Å²) in [7, 11) is 1.76. The third-order valence-corrected chi connectivity index (χ3v) is 3.96. The molecule has 0 radical (unpaired) electrons. The lowest BCUT2D eigenvalue weighted by Gasteiger charge is -2.20. The van der Waals surface area contributed by atoms with E-state index >= 15 is 0 Å². The molecule has 0 aliphatic heterocycles. The van der Waals surface area contributed by atoms with Gasteiger partial charge in [-0.3, -0.25) is 20.0 Å². The molecule has 5 heteroatoms. The van der Waals surface area contributed by atoms with E-state index in [1.807, 2.05) is 48.5 Å².